The second kappa shape index (κ2) is 9.71. The minimum Gasteiger partial charge on any atom is -0.405 e. The van der Waals surface area contributed by atoms with Crippen LogP contribution in [0.2, 0.25) is 18.1 Å². The number of hydrogen-bond donors (Lipinski definition) is 3. The third kappa shape index (κ3) is 5.39. The Hall–Kier alpha value is -2.98. The number of hydrazine groups is 1. The van der Waals surface area contributed by atoms with Crippen molar-refractivity contribution in [2.75, 3.05) is 0 Å². The van der Waals surface area contributed by atoms with Crippen molar-refractivity contribution >= 4 is 26.0 Å². The molecule has 184 valence electrons. The largest absolute Gasteiger partial charge is 0.405 e. The van der Waals surface area contributed by atoms with Gasteiger partial charge in [-0.05, 0) is 43.8 Å². The maximum absolute atomic E-state index is 12.6. The molecule has 1 heterocycles. The van der Waals surface area contributed by atoms with Crippen molar-refractivity contribution in [3.63, 3.8) is 0 Å². The summed E-state index contributed by atoms with van der Waals surface area (Å²) in [5.74, 6) is -1.28. The molecule has 1 atom stereocenters. The first-order valence-corrected chi connectivity index (χ1v) is 14.3. The van der Waals surface area contributed by atoms with Crippen LogP contribution in [0.5, 0.6) is 0 Å². The lowest BCUT2D eigenvalue weighted by Crippen LogP contribution is -2.53. The highest BCUT2D eigenvalue weighted by Gasteiger charge is 2.42. The van der Waals surface area contributed by atoms with E-state index in [1.807, 2.05) is 30.3 Å². The monoisotopic (exact) mass is 486 g/mol. The molecule has 1 aliphatic rings. The lowest BCUT2D eigenvalue weighted by Gasteiger charge is -2.38. The second-order valence-electron chi connectivity index (χ2n) is 10.4. The predicted octanol–water partition coefficient (Wildman–Crippen LogP) is 3.49. The third-order valence-electron chi connectivity index (χ3n) is 6.87. The zero-order chi connectivity index (χ0) is 25.3. The van der Waals surface area contributed by atoms with Crippen LogP contribution in [0.15, 0.2) is 34.9 Å². The molecule has 1 fully saturated rings. The second-order valence-corrected chi connectivity index (χ2v) is 15.1. The fourth-order valence-corrected chi connectivity index (χ4v) is 5.06. The molecule has 0 saturated heterocycles. The lowest BCUT2D eigenvalue weighted by molar-refractivity contribution is -0.136. The van der Waals surface area contributed by atoms with E-state index in [1.54, 1.807) is 6.92 Å². The number of benzene rings is 1. The highest BCUT2D eigenvalue weighted by atomic mass is 28.4. The van der Waals surface area contributed by atoms with Crippen molar-refractivity contribution in [2.45, 2.75) is 70.7 Å². The van der Waals surface area contributed by atoms with Gasteiger partial charge in [-0.25, -0.2) is 0 Å². The summed E-state index contributed by atoms with van der Waals surface area (Å²) in [4.78, 5) is 36.9. The average Bonchev–Trinajstić information content (AvgIpc) is 3.15. The number of amides is 3. The van der Waals surface area contributed by atoms with Gasteiger partial charge in [-0.1, -0.05) is 56.3 Å². The van der Waals surface area contributed by atoms with Gasteiger partial charge in [0.1, 0.15) is 6.10 Å². The van der Waals surface area contributed by atoms with Crippen molar-refractivity contribution in [1.29, 1.82) is 0 Å². The van der Waals surface area contributed by atoms with Gasteiger partial charge in [-0.2, -0.15) is 0 Å². The van der Waals surface area contributed by atoms with Crippen LogP contribution in [0.4, 0.5) is 0 Å². The third-order valence-corrected chi connectivity index (χ3v) is 11.4. The zero-order valence-corrected chi connectivity index (χ0v) is 21.6. The molecule has 4 N–H and O–H groups in total. The first kappa shape index (κ1) is 25.6. The van der Waals surface area contributed by atoms with Crippen molar-refractivity contribution in [2.24, 2.45) is 11.7 Å². The standard InChI is InChI=1S/C24H34N4O5Si/c1-14(33-34(5,6)24(2,3)4)22(30)26-27-23(31)17-12-16(13-17)18-19(21(25)29)28-32-20(18)15-10-8-7-9-11-15/h7-11,14,16-17H,12-13H2,1-6H3,(H2,25,29)(H,26,30)(H,27,31)/t14-,16?,17?/m1/s1. The number of carbonyl (C=O) groups is 3. The van der Waals surface area contributed by atoms with Crippen molar-refractivity contribution in [3.8, 4) is 11.3 Å². The number of nitrogens with zero attached hydrogens (tertiary/aromatic N) is 1. The average molecular weight is 487 g/mol. The molecule has 9 nitrogen and oxygen atoms in total. The molecule has 0 unspecified atom stereocenters. The van der Waals surface area contributed by atoms with Gasteiger partial charge in [0.2, 0.25) is 5.91 Å². The first-order chi connectivity index (χ1) is 15.8. The number of nitrogens with two attached hydrogens (primary N) is 1. The summed E-state index contributed by atoms with van der Waals surface area (Å²) in [5.41, 5.74) is 12.0. The summed E-state index contributed by atoms with van der Waals surface area (Å²) in [6.07, 6.45) is 0.289. The number of rotatable bonds is 7. The Morgan fingerprint density at radius 2 is 1.76 bits per heavy atom. The van der Waals surface area contributed by atoms with Crippen LogP contribution in [0.1, 0.15) is 62.5 Å². The summed E-state index contributed by atoms with van der Waals surface area (Å²) >= 11 is 0. The van der Waals surface area contributed by atoms with E-state index in [0.29, 0.717) is 24.2 Å². The van der Waals surface area contributed by atoms with Crippen LogP contribution in [0, 0.1) is 5.92 Å². The lowest BCUT2D eigenvalue weighted by atomic mass is 9.70. The quantitative estimate of drug-likeness (QED) is 0.405. The highest BCUT2D eigenvalue weighted by molar-refractivity contribution is 6.74. The molecule has 0 bridgehead atoms. The van der Waals surface area contributed by atoms with E-state index in [1.165, 1.54) is 0 Å². The van der Waals surface area contributed by atoms with Gasteiger partial charge >= 0.3 is 0 Å². The Morgan fingerprint density at radius 1 is 1.15 bits per heavy atom. The molecule has 1 aromatic carbocycles. The van der Waals surface area contributed by atoms with Gasteiger partial charge in [0.25, 0.3) is 11.8 Å². The predicted molar refractivity (Wildman–Crippen MR) is 130 cm³/mol. The molecule has 10 heteroatoms. The van der Waals surface area contributed by atoms with Gasteiger partial charge in [0.05, 0.1) is 0 Å². The first-order valence-electron chi connectivity index (χ1n) is 11.4. The van der Waals surface area contributed by atoms with Gasteiger partial charge < -0.3 is 14.7 Å². The Kier molecular flexibility index (Phi) is 7.32. The molecule has 2 aromatic rings. The van der Waals surface area contributed by atoms with Gasteiger partial charge in [-0.15, -0.1) is 0 Å². The molecule has 0 spiro atoms. The molecular formula is C24H34N4O5Si. The van der Waals surface area contributed by atoms with Gasteiger partial charge in [0.15, 0.2) is 19.8 Å². The maximum atomic E-state index is 12.6. The molecule has 34 heavy (non-hydrogen) atoms. The van der Waals surface area contributed by atoms with Crippen LogP contribution in [-0.4, -0.2) is 37.3 Å². The Bertz CT molecular complexity index is 1060. The van der Waals surface area contributed by atoms with Gasteiger partial charge in [-0.3, -0.25) is 25.2 Å². The van der Waals surface area contributed by atoms with E-state index in [-0.39, 0.29) is 28.5 Å². The van der Waals surface area contributed by atoms with E-state index >= 15 is 0 Å². The smallest absolute Gasteiger partial charge is 0.271 e. The molecular weight excluding hydrogens is 452 g/mol. The summed E-state index contributed by atoms with van der Waals surface area (Å²) in [5, 5.41) is 3.84. The summed E-state index contributed by atoms with van der Waals surface area (Å²) in [7, 11) is -2.12. The van der Waals surface area contributed by atoms with E-state index in [0.717, 1.165) is 5.56 Å². The van der Waals surface area contributed by atoms with E-state index in [4.69, 9.17) is 14.7 Å². The molecule has 0 aliphatic heterocycles. The van der Waals surface area contributed by atoms with Crippen LogP contribution in [0.3, 0.4) is 0 Å². The fourth-order valence-electron chi connectivity index (χ4n) is 3.72. The molecule has 1 aromatic heterocycles. The Morgan fingerprint density at radius 3 is 2.32 bits per heavy atom. The van der Waals surface area contributed by atoms with Crippen molar-refractivity contribution in [3.05, 3.63) is 41.6 Å². The van der Waals surface area contributed by atoms with Gasteiger partial charge in [0, 0.05) is 17.0 Å². The Balaban J connectivity index is 1.58. The van der Waals surface area contributed by atoms with Crippen LogP contribution < -0.4 is 16.6 Å². The van der Waals surface area contributed by atoms with Crippen LogP contribution >= 0.6 is 0 Å². The fraction of sp³-hybridized carbons (Fsp3) is 0.500. The molecule has 3 amide bonds. The minimum absolute atomic E-state index is 0.0317. The van der Waals surface area contributed by atoms with Crippen molar-refractivity contribution < 1.29 is 23.3 Å². The molecule has 1 aliphatic carbocycles. The summed E-state index contributed by atoms with van der Waals surface area (Å²) < 4.78 is 11.5. The Labute approximate surface area is 200 Å². The summed E-state index contributed by atoms with van der Waals surface area (Å²) in [6, 6.07) is 9.33. The maximum Gasteiger partial charge on any atom is 0.271 e. The SMILES string of the molecule is C[C@@H](O[Si](C)(C)C(C)(C)C)C(=O)NNC(=O)C1CC(c2c(C(N)=O)noc2-c2ccccc2)C1. The number of hydrogen-bond acceptors (Lipinski definition) is 6. The zero-order valence-electron chi connectivity index (χ0n) is 20.6. The number of carbonyl (C=O) groups excluding carboxylic acids is 3. The van der Waals surface area contributed by atoms with E-state index < -0.39 is 26.2 Å². The summed E-state index contributed by atoms with van der Waals surface area (Å²) in [6.45, 7) is 12.1. The molecule has 3 rings (SSSR count). The number of primary amides is 1. The topological polar surface area (TPSA) is 137 Å². The minimum atomic E-state index is -2.12. The number of aromatic nitrogens is 1. The van der Waals surface area contributed by atoms with Crippen LogP contribution in [0.25, 0.3) is 11.3 Å². The normalized spacial score (nSPS) is 19.1. The van der Waals surface area contributed by atoms with E-state index in [9.17, 15) is 14.4 Å². The molecule has 1 saturated carbocycles. The number of nitrogens with one attached hydrogen (secondary N) is 2. The van der Waals surface area contributed by atoms with Crippen LogP contribution in [-0.2, 0) is 14.0 Å². The highest BCUT2D eigenvalue weighted by Crippen LogP contribution is 2.46. The van der Waals surface area contributed by atoms with E-state index in [2.05, 4.69) is 49.9 Å². The van der Waals surface area contributed by atoms with Crippen molar-refractivity contribution in [1.82, 2.24) is 16.0 Å². The molecule has 0 radical (unpaired) electrons.